The van der Waals surface area contributed by atoms with Crippen molar-refractivity contribution < 1.29 is 23.9 Å². The lowest BCUT2D eigenvalue weighted by Crippen LogP contribution is -2.36. The van der Waals surface area contributed by atoms with E-state index in [1.54, 1.807) is 30.3 Å². The van der Waals surface area contributed by atoms with Gasteiger partial charge in [-0.05, 0) is 12.1 Å². The Balaban J connectivity index is 2.69. The zero-order valence-corrected chi connectivity index (χ0v) is 10.6. The number of nitrogens with one attached hydrogen (secondary N) is 1. The number of hydrogen-bond donors (Lipinski definition) is 2. The zero-order chi connectivity index (χ0) is 15.0. The minimum atomic E-state index is -1.59. The highest BCUT2D eigenvalue weighted by atomic mass is 16.7. The summed E-state index contributed by atoms with van der Waals surface area (Å²) in [7, 11) is 0. The Labute approximate surface area is 115 Å². The smallest absolute Gasteiger partial charge is 0.332 e. The molecule has 0 saturated heterocycles. The summed E-state index contributed by atoms with van der Waals surface area (Å²) in [6.07, 6.45) is -0.718. The monoisotopic (exact) mass is 278 g/mol. The molecule has 0 aliphatic carbocycles. The van der Waals surface area contributed by atoms with Crippen molar-refractivity contribution in [3.63, 3.8) is 0 Å². The van der Waals surface area contributed by atoms with Crippen LogP contribution in [-0.4, -0.2) is 30.7 Å². The lowest BCUT2D eigenvalue weighted by molar-refractivity contribution is -0.180. The Morgan fingerprint density at radius 3 is 2.50 bits per heavy atom. The lowest BCUT2D eigenvalue weighted by atomic mass is 10.3. The average molecular weight is 278 g/mol. The molecular weight excluding hydrogens is 264 g/mol. The first kappa shape index (κ1) is 15.4. The van der Waals surface area contributed by atoms with Crippen LogP contribution >= 0.6 is 0 Å². The fourth-order valence-electron chi connectivity index (χ4n) is 1.20. The van der Waals surface area contributed by atoms with E-state index in [1.165, 1.54) is 0 Å². The molecule has 7 nitrogen and oxygen atoms in total. The molecule has 7 heteroatoms. The standard InChI is InChI=1S/C13H14N2O5/c1-2-11(17)20-13(19-8-10(14)16)12(18)15-9-6-4-3-5-7-9/h2-7,13H,1,8H2,(H2,14,16)(H,15,18). The number of anilines is 1. The molecule has 0 fully saturated rings. The Hall–Kier alpha value is -2.67. The Bertz CT molecular complexity index is 501. The van der Waals surface area contributed by atoms with Crippen molar-refractivity contribution in [3.8, 4) is 0 Å². The lowest BCUT2D eigenvalue weighted by Gasteiger charge is -2.16. The van der Waals surface area contributed by atoms with Gasteiger partial charge in [0.15, 0.2) is 0 Å². The minimum Gasteiger partial charge on any atom is -0.423 e. The maximum Gasteiger partial charge on any atom is 0.332 e. The summed E-state index contributed by atoms with van der Waals surface area (Å²) in [5.41, 5.74) is 5.39. The van der Waals surface area contributed by atoms with E-state index in [0.29, 0.717) is 5.69 Å². The number of ether oxygens (including phenoxy) is 2. The Morgan fingerprint density at radius 2 is 1.95 bits per heavy atom. The number of benzene rings is 1. The Morgan fingerprint density at radius 1 is 1.30 bits per heavy atom. The topological polar surface area (TPSA) is 108 Å². The van der Waals surface area contributed by atoms with Crippen LogP contribution in [0.25, 0.3) is 0 Å². The number of amides is 2. The molecule has 1 aromatic rings. The van der Waals surface area contributed by atoms with Crippen molar-refractivity contribution in [1.29, 1.82) is 0 Å². The van der Waals surface area contributed by atoms with Crippen LogP contribution in [0.4, 0.5) is 5.69 Å². The average Bonchev–Trinajstić information content (AvgIpc) is 2.43. The highest BCUT2D eigenvalue weighted by Crippen LogP contribution is 2.07. The van der Waals surface area contributed by atoms with E-state index in [1.807, 2.05) is 0 Å². The van der Waals surface area contributed by atoms with Crippen LogP contribution in [0.2, 0.25) is 0 Å². The van der Waals surface area contributed by atoms with Crippen LogP contribution in [0.3, 0.4) is 0 Å². The van der Waals surface area contributed by atoms with Gasteiger partial charge >= 0.3 is 5.97 Å². The highest BCUT2D eigenvalue weighted by Gasteiger charge is 2.23. The number of hydrogen-bond acceptors (Lipinski definition) is 5. The molecule has 0 aromatic heterocycles. The molecule has 0 aliphatic rings. The summed E-state index contributed by atoms with van der Waals surface area (Å²) >= 11 is 0. The van der Waals surface area contributed by atoms with E-state index in [-0.39, 0.29) is 0 Å². The summed E-state index contributed by atoms with van der Waals surface area (Å²) in [5.74, 6) is -2.40. The molecule has 1 unspecified atom stereocenters. The van der Waals surface area contributed by atoms with Gasteiger partial charge in [0.05, 0.1) is 0 Å². The van der Waals surface area contributed by atoms with Gasteiger partial charge in [-0.1, -0.05) is 24.8 Å². The maximum atomic E-state index is 11.9. The molecule has 1 rings (SSSR count). The van der Waals surface area contributed by atoms with Crippen molar-refractivity contribution in [2.24, 2.45) is 5.73 Å². The number of primary amides is 1. The van der Waals surface area contributed by atoms with E-state index < -0.39 is 30.7 Å². The van der Waals surface area contributed by atoms with Crippen LogP contribution < -0.4 is 11.1 Å². The van der Waals surface area contributed by atoms with Crippen molar-refractivity contribution in [2.45, 2.75) is 6.29 Å². The molecule has 3 N–H and O–H groups in total. The fourth-order valence-corrected chi connectivity index (χ4v) is 1.20. The summed E-state index contributed by atoms with van der Waals surface area (Å²) in [6, 6.07) is 8.47. The summed E-state index contributed by atoms with van der Waals surface area (Å²) in [5, 5.41) is 2.47. The number of rotatable bonds is 7. The molecule has 1 aromatic carbocycles. The maximum absolute atomic E-state index is 11.9. The molecule has 0 saturated carbocycles. The third-order valence-electron chi connectivity index (χ3n) is 2.02. The van der Waals surface area contributed by atoms with Crippen molar-refractivity contribution >= 4 is 23.5 Å². The molecule has 0 aliphatic heterocycles. The summed E-state index contributed by atoms with van der Waals surface area (Å²) in [6.45, 7) is 2.64. The second-order valence-electron chi connectivity index (χ2n) is 3.61. The normalized spacial score (nSPS) is 11.2. The van der Waals surface area contributed by atoms with Gasteiger partial charge in [-0.15, -0.1) is 0 Å². The largest absolute Gasteiger partial charge is 0.423 e. The third-order valence-corrected chi connectivity index (χ3v) is 2.02. The second kappa shape index (κ2) is 7.70. The van der Waals surface area contributed by atoms with E-state index >= 15 is 0 Å². The Kier molecular flexibility index (Phi) is 5.92. The van der Waals surface area contributed by atoms with Gasteiger partial charge in [0, 0.05) is 11.8 Å². The minimum absolute atomic E-state index is 0.486. The second-order valence-corrected chi connectivity index (χ2v) is 3.61. The zero-order valence-electron chi connectivity index (χ0n) is 10.6. The molecule has 2 amide bonds. The quantitative estimate of drug-likeness (QED) is 0.420. The van der Waals surface area contributed by atoms with E-state index in [4.69, 9.17) is 10.5 Å². The van der Waals surface area contributed by atoms with Gasteiger partial charge in [0.2, 0.25) is 5.91 Å². The van der Waals surface area contributed by atoms with Crippen molar-refractivity contribution in [3.05, 3.63) is 43.0 Å². The first-order chi connectivity index (χ1) is 9.52. The summed E-state index contributed by atoms with van der Waals surface area (Å²) < 4.78 is 9.52. The molecule has 0 radical (unpaired) electrons. The van der Waals surface area contributed by atoms with Gasteiger partial charge in [-0.3, -0.25) is 9.59 Å². The van der Waals surface area contributed by atoms with Gasteiger partial charge < -0.3 is 20.5 Å². The van der Waals surface area contributed by atoms with E-state index in [0.717, 1.165) is 6.08 Å². The van der Waals surface area contributed by atoms with Crippen LogP contribution in [0, 0.1) is 0 Å². The SMILES string of the molecule is C=CC(=O)OC(OCC(N)=O)C(=O)Nc1ccccc1. The van der Waals surface area contributed by atoms with Crippen LogP contribution in [0.1, 0.15) is 0 Å². The molecule has 106 valence electrons. The summed E-state index contributed by atoms with van der Waals surface area (Å²) in [4.78, 5) is 33.6. The number of carbonyl (C=O) groups is 3. The molecule has 1 atom stereocenters. The van der Waals surface area contributed by atoms with Crippen LogP contribution in [0.5, 0.6) is 0 Å². The number of para-hydroxylation sites is 1. The first-order valence-corrected chi connectivity index (χ1v) is 5.62. The number of nitrogens with two attached hydrogens (primary N) is 1. The van der Waals surface area contributed by atoms with Gasteiger partial charge in [-0.25, -0.2) is 4.79 Å². The van der Waals surface area contributed by atoms with Crippen molar-refractivity contribution in [1.82, 2.24) is 0 Å². The van der Waals surface area contributed by atoms with Gasteiger partial charge in [0.25, 0.3) is 12.2 Å². The van der Waals surface area contributed by atoms with Gasteiger partial charge in [-0.2, -0.15) is 0 Å². The number of esters is 1. The molecule has 0 spiro atoms. The first-order valence-electron chi connectivity index (χ1n) is 5.62. The third kappa shape index (κ3) is 5.32. The molecular formula is C13H14N2O5. The molecule has 20 heavy (non-hydrogen) atoms. The van der Waals surface area contributed by atoms with Crippen LogP contribution in [0.15, 0.2) is 43.0 Å². The van der Waals surface area contributed by atoms with E-state index in [2.05, 4.69) is 16.6 Å². The van der Waals surface area contributed by atoms with Gasteiger partial charge in [0.1, 0.15) is 6.61 Å². The molecule has 0 heterocycles. The van der Waals surface area contributed by atoms with Crippen molar-refractivity contribution in [2.75, 3.05) is 11.9 Å². The van der Waals surface area contributed by atoms with E-state index in [9.17, 15) is 14.4 Å². The predicted octanol–water partition coefficient (Wildman–Crippen LogP) is 0.182. The fraction of sp³-hybridized carbons (Fsp3) is 0.154. The highest BCUT2D eigenvalue weighted by molar-refractivity contribution is 5.95. The molecule has 0 bridgehead atoms. The predicted molar refractivity (Wildman–Crippen MR) is 70.3 cm³/mol. The number of carbonyl (C=O) groups excluding carboxylic acids is 3. The van der Waals surface area contributed by atoms with Crippen LogP contribution in [-0.2, 0) is 23.9 Å².